The number of carbonyl (C=O) groups excluding carboxylic acids is 2. The zero-order chi connectivity index (χ0) is 22.2. The van der Waals surface area contributed by atoms with E-state index in [1.54, 1.807) is 9.80 Å². The van der Waals surface area contributed by atoms with Gasteiger partial charge in [0.05, 0.1) is 11.4 Å². The first-order valence-corrected chi connectivity index (χ1v) is 11.6. The van der Waals surface area contributed by atoms with Crippen molar-refractivity contribution in [2.75, 3.05) is 13.1 Å². The van der Waals surface area contributed by atoms with Gasteiger partial charge in [0.2, 0.25) is 5.91 Å². The van der Waals surface area contributed by atoms with Crippen molar-refractivity contribution in [1.29, 1.82) is 0 Å². The van der Waals surface area contributed by atoms with E-state index in [4.69, 9.17) is 4.42 Å². The Balaban J connectivity index is 1.76. The number of carbonyl (C=O) groups is 2. The normalized spacial score (nSPS) is 11.8. The number of aryl methyl sites for hydroxylation is 1. The molecule has 0 aliphatic carbocycles. The second-order valence-electron chi connectivity index (χ2n) is 7.73. The topological polar surface area (TPSA) is 53.8 Å². The summed E-state index contributed by atoms with van der Waals surface area (Å²) in [5.41, 5.74) is 1.17. The Morgan fingerprint density at radius 2 is 1.84 bits per heavy atom. The molecule has 3 aromatic rings. The van der Waals surface area contributed by atoms with Gasteiger partial charge in [0.25, 0.3) is 5.91 Å². The molecule has 2 amide bonds. The monoisotopic (exact) mass is 438 g/mol. The third-order valence-electron chi connectivity index (χ3n) is 5.43. The van der Waals surface area contributed by atoms with Crippen LogP contribution >= 0.6 is 11.3 Å². The minimum Gasteiger partial charge on any atom is -0.464 e. The summed E-state index contributed by atoms with van der Waals surface area (Å²) in [6.07, 6.45) is 1.53. The second-order valence-corrected chi connectivity index (χ2v) is 8.68. The van der Waals surface area contributed by atoms with Crippen LogP contribution in [-0.4, -0.2) is 40.7 Å². The molecule has 1 aromatic carbocycles. The largest absolute Gasteiger partial charge is 0.464 e. The van der Waals surface area contributed by atoms with Gasteiger partial charge in [0.15, 0.2) is 0 Å². The van der Waals surface area contributed by atoms with E-state index in [-0.39, 0.29) is 24.4 Å². The van der Waals surface area contributed by atoms with Gasteiger partial charge in [-0.15, -0.1) is 11.3 Å². The molecule has 1 atom stereocenters. The van der Waals surface area contributed by atoms with Gasteiger partial charge in [-0.1, -0.05) is 43.3 Å². The van der Waals surface area contributed by atoms with Crippen molar-refractivity contribution in [2.45, 2.75) is 46.2 Å². The smallest absolute Gasteiger partial charge is 0.264 e. The van der Waals surface area contributed by atoms with Crippen LogP contribution in [0.4, 0.5) is 0 Å². The first-order chi connectivity index (χ1) is 15.0. The second kappa shape index (κ2) is 11.0. The van der Waals surface area contributed by atoms with E-state index in [9.17, 15) is 9.59 Å². The summed E-state index contributed by atoms with van der Waals surface area (Å²) >= 11 is 1.40. The third-order valence-corrected chi connectivity index (χ3v) is 6.29. The Hall–Kier alpha value is -2.86. The number of hydrogen-bond donors (Lipinski definition) is 0. The Bertz CT molecular complexity index is 966. The van der Waals surface area contributed by atoms with Crippen LogP contribution in [0.1, 0.15) is 47.0 Å². The summed E-state index contributed by atoms with van der Waals surface area (Å²) in [6.45, 7) is 6.92. The van der Waals surface area contributed by atoms with E-state index in [0.29, 0.717) is 18.0 Å². The molecule has 3 rings (SSSR count). The predicted octanol–water partition coefficient (Wildman–Crippen LogP) is 5.16. The van der Waals surface area contributed by atoms with Gasteiger partial charge in [0.1, 0.15) is 18.1 Å². The molecule has 31 heavy (non-hydrogen) atoms. The van der Waals surface area contributed by atoms with Crippen molar-refractivity contribution in [3.63, 3.8) is 0 Å². The number of hydrogen-bond acceptors (Lipinski definition) is 4. The summed E-state index contributed by atoms with van der Waals surface area (Å²) in [7, 11) is 0. The van der Waals surface area contributed by atoms with Crippen LogP contribution in [0.25, 0.3) is 0 Å². The van der Waals surface area contributed by atoms with E-state index >= 15 is 0 Å². The van der Waals surface area contributed by atoms with Crippen LogP contribution in [0.15, 0.2) is 64.4 Å². The molecular weight excluding hydrogens is 408 g/mol. The Labute approximate surface area is 188 Å². The quantitative estimate of drug-likeness (QED) is 0.439. The minimum atomic E-state index is -0.0884. The van der Waals surface area contributed by atoms with Crippen molar-refractivity contribution < 1.29 is 14.0 Å². The Morgan fingerprint density at radius 3 is 2.45 bits per heavy atom. The fourth-order valence-corrected chi connectivity index (χ4v) is 4.07. The number of amides is 2. The maximum Gasteiger partial charge on any atom is 0.264 e. The van der Waals surface area contributed by atoms with Gasteiger partial charge in [-0.2, -0.15) is 0 Å². The molecule has 0 saturated carbocycles. The van der Waals surface area contributed by atoms with Crippen molar-refractivity contribution >= 4 is 23.2 Å². The van der Waals surface area contributed by atoms with Gasteiger partial charge in [-0.3, -0.25) is 9.59 Å². The molecular formula is C25H30N2O3S. The SMILES string of the molecule is CCC(C)N(CC(=O)N(CCc1ccccc1)Cc1ccc(C)o1)C(=O)c1cccs1. The maximum absolute atomic E-state index is 13.4. The molecule has 0 aliphatic heterocycles. The molecule has 0 N–H and O–H groups in total. The van der Waals surface area contributed by atoms with E-state index < -0.39 is 0 Å². The van der Waals surface area contributed by atoms with Crippen molar-refractivity contribution in [3.05, 3.63) is 81.9 Å². The molecule has 1 unspecified atom stereocenters. The molecule has 0 fully saturated rings. The van der Waals surface area contributed by atoms with E-state index in [0.717, 1.165) is 24.4 Å². The zero-order valence-electron chi connectivity index (χ0n) is 18.4. The molecule has 2 heterocycles. The minimum absolute atomic E-state index is 0.0274. The van der Waals surface area contributed by atoms with Crippen molar-refractivity contribution in [3.8, 4) is 0 Å². The average molecular weight is 439 g/mol. The molecule has 0 spiro atoms. The van der Waals surface area contributed by atoms with Gasteiger partial charge < -0.3 is 14.2 Å². The Kier molecular flexibility index (Phi) is 8.06. The highest BCUT2D eigenvalue weighted by Gasteiger charge is 2.26. The molecule has 0 saturated heterocycles. The van der Waals surface area contributed by atoms with Crippen LogP contribution in [0.2, 0.25) is 0 Å². The number of furan rings is 1. The van der Waals surface area contributed by atoms with E-state index in [1.807, 2.05) is 68.6 Å². The summed E-state index contributed by atoms with van der Waals surface area (Å²) in [5.74, 6) is 1.41. The highest BCUT2D eigenvalue weighted by molar-refractivity contribution is 7.12. The number of rotatable bonds is 10. The van der Waals surface area contributed by atoms with Crippen LogP contribution in [0, 0.1) is 6.92 Å². The Morgan fingerprint density at radius 1 is 1.06 bits per heavy atom. The first-order valence-electron chi connectivity index (χ1n) is 10.7. The lowest BCUT2D eigenvalue weighted by molar-refractivity contribution is -0.133. The number of benzene rings is 1. The average Bonchev–Trinajstić information content (AvgIpc) is 3.46. The van der Waals surface area contributed by atoms with Crippen molar-refractivity contribution in [1.82, 2.24) is 9.80 Å². The molecule has 6 heteroatoms. The third kappa shape index (κ3) is 6.31. The maximum atomic E-state index is 13.4. The predicted molar refractivity (Wildman–Crippen MR) is 124 cm³/mol. The number of nitrogens with zero attached hydrogens (tertiary/aromatic N) is 2. The lowest BCUT2D eigenvalue weighted by Crippen LogP contribution is -2.46. The van der Waals surface area contributed by atoms with Gasteiger partial charge in [-0.25, -0.2) is 0 Å². The lowest BCUT2D eigenvalue weighted by atomic mass is 10.1. The highest BCUT2D eigenvalue weighted by Crippen LogP contribution is 2.17. The summed E-state index contributed by atoms with van der Waals surface area (Å²) in [4.78, 5) is 30.6. The van der Waals surface area contributed by atoms with Gasteiger partial charge in [0, 0.05) is 12.6 Å². The van der Waals surface area contributed by atoms with Gasteiger partial charge in [-0.05, 0) is 55.8 Å². The summed E-state index contributed by atoms with van der Waals surface area (Å²) in [6, 6.07) is 17.6. The van der Waals surface area contributed by atoms with E-state index in [1.165, 1.54) is 16.9 Å². The number of thiophene rings is 1. The van der Waals surface area contributed by atoms with Gasteiger partial charge >= 0.3 is 0 Å². The van der Waals surface area contributed by atoms with Crippen LogP contribution in [0.5, 0.6) is 0 Å². The molecule has 2 aromatic heterocycles. The highest BCUT2D eigenvalue weighted by atomic mass is 32.1. The van der Waals surface area contributed by atoms with Crippen LogP contribution < -0.4 is 0 Å². The standard InChI is InChI=1S/C25H30N2O3S/c1-4-19(2)27(25(29)23-11-8-16-31-23)18-24(28)26(17-22-13-12-20(3)30-22)15-14-21-9-6-5-7-10-21/h5-13,16,19H,4,14-15,17-18H2,1-3H3. The van der Waals surface area contributed by atoms with Crippen LogP contribution in [-0.2, 0) is 17.8 Å². The van der Waals surface area contributed by atoms with Crippen molar-refractivity contribution in [2.24, 2.45) is 0 Å². The fourth-order valence-electron chi connectivity index (χ4n) is 3.39. The lowest BCUT2D eigenvalue weighted by Gasteiger charge is -2.31. The molecule has 0 radical (unpaired) electrons. The van der Waals surface area contributed by atoms with Crippen LogP contribution in [0.3, 0.4) is 0 Å². The summed E-state index contributed by atoms with van der Waals surface area (Å²) < 4.78 is 5.72. The molecule has 0 bridgehead atoms. The molecule has 164 valence electrons. The first kappa shape index (κ1) is 22.8. The molecule has 5 nitrogen and oxygen atoms in total. The molecule has 0 aliphatic rings. The van der Waals surface area contributed by atoms with E-state index in [2.05, 4.69) is 12.1 Å². The fraction of sp³-hybridized carbons (Fsp3) is 0.360. The zero-order valence-corrected chi connectivity index (χ0v) is 19.2. The summed E-state index contributed by atoms with van der Waals surface area (Å²) in [5, 5.41) is 1.88.